The first-order valence-electron chi connectivity index (χ1n) is 10.6. The van der Waals surface area contributed by atoms with Crippen molar-refractivity contribution in [1.29, 1.82) is 0 Å². The van der Waals surface area contributed by atoms with E-state index in [0.29, 0.717) is 23.6 Å². The Bertz CT molecular complexity index is 958. The highest BCUT2D eigenvalue weighted by Crippen LogP contribution is 2.33. The number of aromatic nitrogens is 1. The Balaban J connectivity index is 1.75. The summed E-state index contributed by atoms with van der Waals surface area (Å²) in [6, 6.07) is 6.51. The summed E-state index contributed by atoms with van der Waals surface area (Å²) in [5, 5.41) is 17.9. The van der Waals surface area contributed by atoms with Gasteiger partial charge in [-0.25, -0.2) is 4.79 Å². The van der Waals surface area contributed by atoms with Crippen molar-refractivity contribution in [1.82, 2.24) is 15.6 Å². The second kappa shape index (κ2) is 8.71. The number of aromatic amines is 1. The van der Waals surface area contributed by atoms with Crippen LogP contribution < -0.4 is 10.6 Å². The highest BCUT2D eigenvalue weighted by Gasteiger charge is 2.39. The number of H-pyrrole nitrogens is 1. The van der Waals surface area contributed by atoms with Gasteiger partial charge in [-0.05, 0) is 84.1 Å². The Kier molecular flexibility index (Phi) is 6.58. The van der Waals surface area contributed by atoms with E-state index < -0.39 is 17.3 Å². The highest BCUT2D eigenvalue weighted by molar-refractivity contribution is 6.31. The van der Waals surface area contributed by atoms with Crippen LogP contribution in [0.4, 0.5) is 4.79 Å². The first-order chi connectivity index (χ1) is 14.3. The van der Waals surface area contributed by atoms with E-state index in [4.69, 9.17) is 16.3 Å². The van der Waals surface area contributed by atoms with Gasteiger partial charge in [0, 0.05) is 22.0 Å². The minimum atomic E-state index is -0.876. The number of rotatable bonds is 4. The molecule has 4 N–H and O–H groups in total. The van der Waals surface area contributed by atoms with E-state index in [1.54, 1.807) is 52.8 Å². The van der Waals surface area contributed by atoms with E-state index in [-0.39, 0.29) is 23.9 Å². The van der Waals surface area contributed by atoms with Gasteiger partial charge in [0.05, 0.1) is 11.6 Å². The Labute approximate surface area is 187 Å². The molecule has 0 radical (unpaired) electrons. The Morgan fingerprint density at radius 3 is 2.45 bits per heavy atom. The number of ether oxygens (including phenoxy) is 1. The molecule has 1 fully saturated rings. The van der Waals surface area contributed by atoms with Gasteiger partial charge in [0.25, 0.3) is 5.91 Å². The van der Waals surface area contributed by atoms with Crippen molar-refractivity contribution >= 4 is 34.5 Å². The summed E-state index contributed by atoms with van der Waals surface area (Å²) in [4.78, 5) is 28.5. The van der Waals surface area contributed by atoms with Gasteiger partial charge < -0.3 is 25.5 Å². The van der Waals surface area contributed by atoms with Gasteiger partial charge >= 0.3 is 6.09 Å². The lowest BCUT2D eigenvalue weighted by atomic mass is 9.74. The maximum atomic E-state index is 12.9. The van der Waals surface area contributed by atoms with Gasteiger partial charge in [-0.1, -0.05) is 11.6 Å². The number of hydrogen-bond acceptors (Lipinski definition) is 4. The van der Waals surface area contributed by atoms with Crippen molar-refractivity contribution in [3.8, 4) is 0 Å². The van der Waals surface area contributed by atoms with Crippen LogP contribution in [-0.4, -0.2) is 45.4 Å². The van der Waals surface area contributed by atoms with Crippen LogP contribution in [-0.2, 0) is 4.74 Å². The molecule has 8 heteroatoms. The number of alkyl carbamates (subject to hydrolysis) is 1. The second-order valence-electron chi connectivity index (χ2n) is 9.91. The molecule has 1 aliphatic carbocycles. The van der Waals surface area contributed by atoms with Crippen LogP contribution in [0.3, 0.4) is 0 Å². The smallest absolute Gasteiger partial charge is 0.407 e. The van der Waals surface area contributed by atoms with E-state index in [1.807, 2.05) is 6.07 Å². The topological polar surface area (TPSA) is 103 Å². The highest BCUT2D eigenvalue weighted by atomic mass is 35.5. The quantitative estimate of drug-likeness (QED) is 0.555. The molecule has 2 unspecified atom stereocenters. The average molecular weight is 450 g/mol. The Morgan fingerprint density at radius 1 is 1.10 bits per heavy atom. The molecule has 3 rings (SSSR count). The third-order valence-corrected chi connectivity index (χ3v) is 5.93. The lowest BCUT2D eigenvalue weighted by Gasteiger charge is -2.41. The largest absolute Gasteiger partial charge is 0.444 e. The van der Waals surface area contributed by atoms with Crippen LogP contribution >= 0.6 is 11.6 Å². The van der Waals surface area contributed by atoms with E-state index in [9.17, 15) is 14.7 Å². The predicted octanol–water partition coefficient (Wildman–Crippen LogP) is 4.38. The molecule has 1 aromatic carbocycles. The summed E-state index contributed by atoms with van der Waals surface area (Å²) in [6.07, 6.45) is 1.38. The molecular formula is C23H32ClN3O4. The average Bonchev–Trinajstić information content (AvgIpc) is 3.03. The summed E-state index contributed by atoms with van der Waals surface area (Å²) >= 11 is 6.04. The second-order valence-corrected chi connectivity index (χ2v) is 10.3. The zero-order valence-corrected chi connectivity index (χ0v) is 19.5. The van der Waals surface area contributed by atoms with Crippen molar-refractivity contribution in [3.05, 3.63) is 35.0 Å². The van der Waals surface area contributed by atoms with Gasteiger partial charge in [-0.3, -0.25) is 4.79 Å². The SMILES string of the molecule is CC(C)(C)OC(=O)NC1C[C@H](C(C)(C)O)CCC1NC(=O)c1cc2cc(Cl)ccc2[nH]1. The predicted molar refractivity (Wildman–Crippen MR) is 121 cm³/mol. The molecule has 0 bridgehead atoms. The molecule has 170 valence electrons. The number of benzene rings is 1. The molecule has 0 saturated heterocycles. The number of carbonyl (C=O) groups is 2. The van der Waals surface area contributed by atoms with Gasteiger partial charge in [-0.15, -0.1) is 0 Å². The van der Waals surface area contributed by atoms with Crippen LogP contribution in [0.5, 0.6) is 0 Å². The fraction of sp³-hybridized carbons (Fsp3) is 0.565. The lowest BCUT2D eigenvalue weighted by Crippen LogP contribution is -2.57. The molecule has 1 saturated carbocycles. The summed E-state index contributed by atoms with van der Waals surface area (Å²) < 4.78 is 5.41. The van der Waals surface area contributed by atoms with Crippen molar-refractivity contribution in [2.24, 2.45) is 5.92 Å². The standard InChI is InChI=1S/C23H32ClN3O4/c1-22(2,3)31-21(29)27-18-12-14(23(4,5)30)6-8-17(18)26-20(28)19-11-13-10-15(24)7-9-16(13)25-19/h7,9-11,14,17-18,25,30H,6,8,12H2,1-5H3,(H,26,28)(H,27,29)/t14-,17?,18?/m1/s1. The molecule has 1 aliphatic rings. The first-order valence-corrected chi connectivity index (χ1v) is 11.0. The zero-order valence-electron chi connectivity index (χ0n) is 18.7. The molecule has 3 atom stereocenters. The number of hydrogen-bond donors (Lipinski definition) is 4. The van der Waals surface area contributed by atoms with Crippen LogP contribution in [0.15, 0.2) is 24.3 Å². The van der Waals surface area contributed by atoms with Crippen molar-refractivity contribution < 1.29 is 19.4 Å². The maximum Gasteiger partial charge on any atom is 0.407 e. The van der Waals surface area contributed by atoms with Crippen molar-refractivity contribution in [2.45, 2.75) is 77.2 Å². The maximum absolute atomic E-state index is 12.9. The number of aliphatic hydroxyl groups is 1. The molecule has 0 aliphatic heterocycles. The van der Waals surface area contributed by atoms with Crippen LogP contribution in [0.1, 0.15) is 64.4 Å². The summed E-state index contributed by atoms with van der Waals surface area (Å²) in [6.45, 7) is 8.95. The van der Waals surface area contributed by atoms with E-state index in [0.717, 1.165) is 17.3 Å². The van der Waals surface area contributed by atoms with Gasteiger partial charge in [0.15, 0.2) is 0 Å². The molecular weight excluding hydrogens is 418 g/mol. The molecule has 0 spiro atoms. The lowest BCUT2D eigenvalue weighted by molar-refractivity contribution is -0.0119. The van der Waals surface area contributed by atoms with Crippen LogP contribution in [0, 0.1) is 5.92 Å². The van der Waals surface area contributed by atoms with Crippen molar-refractivity contribution in [2.75, 3.05) is 0 Å². The van der Waals surface area contributed by atoms with E-state index in [2.05, 4.69) is 15.6 Å². The molecule has 1 aromatic heterocycles. The van der Waals surface area contributed by atoms with Gasteiger partial charge in [0.1, 0.15) is 11.3 Å². The van der Waals surface area contributed by atoms with Crippen molar-refractivity contribution in [3.63, 3.8) is 0 Å². The molecule has 1 heterocycles. The third-order valence-electron chi connectivity index (χ3n) is 5.70. The molecule has 7 nitrogen and oxygen atoms in total. The Hall–Kier alpha value is -2.25. The molecule has 2 aromatic rings. The third kappa shape index (κ3) is 6.14. The number of halogens is 1. The number of fused-ring (bicyclic) bond motifs is 1. The van der Waals surface area contributed by atoms with Gasteiger partial charge in [-0.2, -0.15) is 0 Å². The number of carbonyl (C=O) groups excluding carboxylic acids is 2. The number of amides is 2. The summed E-state index contributed by atoms with van der Waals surface area (Å²) in [5.74, 6) is -0.258. The minimum absolute atomic E-state index is 0.00388. The molecule has 2 amide bonds. The van der Waals surface area contributed by atoms with E-state index in [1.165, 1.54) is 0 Å². The van der Waals surface area contributed by atoms with E-state index >= 15 is 0 Å². The normalized spacial score (nSPS) is 22.2. The fourth-order valence-electron chi connectivity index (χ4n) is 4.08. The zero-order chi connectivity index (χ0) is 23.0. The number of nitrogens with one attached hydrogen (secondary N) is 3. The van der Waals surface area contributed by atoms with Crippen LogP contribution in [0.2, 0.25) is 5.02 Å². The van der Waals surface area contributed by atoms with Gasteiger partial charge in [0.2, 0.25) is 0 Å². The summed E-state index contributed by atoms with van der Waals surface area (Å²) in [7, 11) is 0. The first kappa shape index (κ1) is 23.4. The minimum Gasteiger partial charge on any atom is -0.444 e. The van der Waals surface area contributed by atoms with Crippen LogP contribution in [0.25, 0.3) is 10.9 Å². The fourth-order valence-corrected chi connectivity index (χ4v) is 4.26. The molecule has 31 heavy (non-hydrogen) atoms. The summed E-state index contributed by atoms with van der Waals surface area (Å²) in [5.41, 5.74) is -0.250. The monoisotopic (exact) mass is 449 g/mol. The Morgan fingerprint density at radius 2 is 1.81 bits per heavy atom.